The standard InChI is InChI=1S/C27H41N3O6/c1-7-20(24(32)23(31)8-2)28-25(33)21(14-17(3)4)29-26(34)22(15-18(5)6)30-27(35)36-16-19-12-10-9-11-13-19/h9-13,17-18,20-22H,7-8,14-16H2,1-6H3,(H,28,33)(H,29,34)(H,30,35)/t20-,21-,22-/m0/s1. The number of carbonyl (C=O) groups excluding carboxylic acids is 5. The molecule has 1 rings (SSSR count). The highest BCUT2D eigenvalue weighted by atomic mass is 16.5. The first-order chi connectivity index (χ1) is 17.0. The third kappa shape index (κ3) is 11.0. The Balaban J connectivity index is 2.91. The largest absolute Gasteiger partial charge is 0.445 e. The number of alkyl carbamates (subject to hydrolysis) is 1. The summed E-state index contributed by atoms with van der Waals surface area (Å²) in [6.07, 6.45) is 0.225. The fraction of sp³-hybridized carbons (Fsp3) is 0.593. The van der Waals surface area contributed by atoms with Crippen LogP contribution < -0.4 is 16.0 Å². The average Bonchev–Trinajstić information content (AvgIpc) is 2.84. The molecule has 0 aliphatic carbocycles. The Kier molecular flexibility index (Phi) is 13.4. The Hall–Kier alpha value is -3.23. The first kappa shape index (κ1) is 30.8. The topological polar surface area (TPSA) is 131 Å². The molecule has 0 saturated heterocycles. The molecule has 0 radical (unpaired) electrons. The predicted octanol–water partition coefficient (Wildman–Crippen LogP) is 3.30. The number of Topliss-reactive ketones (excluding diaryl/α,β-unsaturated/α-hetero) is 2. The zero-order chi connectivity index (χ0) is 27.3. The number of amides is 3. The van der Waals surface area contributed by atoms with E-state index in [2.05, 4.69) is 16.0 Å². The van der Waals surface area contributed by atoms with Crippen molar-refractivity contribution in [2.45, 2.75) is 92.0 Å². The molecule has 3 amide bonds. The van der Waals surface area contributed by atoms with Crippen molar-refractivity contribution in [3.8, 4) is 0 Å². The van der Waals surface area contributed by atoms with Crippen molar-refractivity contribution >= 4 is 29.5 Å². The fourth-order valence-corrected chi connectivity index (χ4v) is 3.58. The van der Waals surface area contributed by atoms with E-state index in [0.29, 0.717) is 12.8 Å². The van der Waals surface area contributed by atoms with Gasteiger partial charge in [-0.3, -0.25) is 19.2 Å². The molecule has 0 aliphatic heterocycles. The predicted molar refractivity (Wildman–Crippen MR) is 137 cm³/mol. The molecule has 0 heterocycles. The second kappa shape index (κ2) is 15.7. The van der Waals surface area contributed by atoms with Crippen LogP contribution in [0.15, 0.2) is 30.3 Å². The van der Waals surface area contributed by atoms with E-state index in [1.54, 1.807) is 13.8 Å². The zero-order valence-electron chi connectivity index (χ0n) is 22.3. The van der Waals surface area contributed by atoms with Crippen molar-refractivity contribution in [1.29, 1.82) is 0 Å². The maximum absolute atomic E-state index is 13.1. The van der Waals surface area contributed by atoms with Crippen LogP contribution in [-0.4, -0.2) is 47.6 Å². The summed E-state index contributed by atoms with van der Waals surface area (Å²) in [6.45, 7) is 11.0. The monoisotopic (exact) mass is 503 g/mol. The lowest BCUT2D eigenvalue weighted by atomic mass is 9.99. The lowest BCUT2D eigenvalue weighted by molar-refractivity contribution is -0.139. The number of hydrogen-bond acceptors (Lipinski definition) is 6. The molecule has 1 aromatic carbocycles. The van der Waals surface area contributed by atoms with Crippen LogP contribution in [0.2, 0.25) is 0 Å². The van der Waals surface area contributed by atoms with Gasteiger partial charge in [0.15, 0.2) is 5.78 Å². The van der Waals surface area contributed by atoms with Gasteiger partial charge in [0.2, 0.25) is 17.6 Å². The molecule has 3 N–H and O–H groups in total. The molecule has 36 heavy (non-hydrogen) atoms. The molecule has 0 saturated carbocycles. The van der Waals surface area contributed by atoms with Crippen LogP contribution in [-0.2, 0) is 30.5 Å². The second-order valence-corrected chi connectivity index (χ2v) is 9.69. The van der Waals surface area contributed by atoms with Crippen molar-refractivity contribution < 1.29 is 28.7 Å². The van der Waals surface area contributed by atoms with E-state index in [1.165, 1.54) is 0 Å². The van der Waals surface area contributed by atoms with Crippen LogP contribution in [0.1, 0.15) is 72.8 Å². The lowest BCUT2D eigenvalue weighted by Gasteiger charge is -2.26. The molecule has 0 fully saturated rings. The summed E-state index contributed by atoms with van der Waals surface area (Å²) in [7, 11) is 0. The quantitative estimate of drug-likeness (QED) is 0.315. The van der Waals surface area contributed by atoms with Crippen LogP contribution in [0.4, 0.5) is 4.79 Å². The molecule has 200 valence electrons. The van der Waals surface area contributed by atoms with Crippen molar-refractivity contribution in [1.82, 2.24) is 16.0 Å². The Morgan fingerprint density at radius 2 is 1.25 bits per heavy atom. The van der Waals surface area contributed by atoms with Gasteiger partial charge in [0, 0.05) is 6.42 Å². The minimum absolute atomic E-state index is 0.0558. The van der Waals surface area contributed by atoms with E-state index in [9.17, 15) is 24.0 Å². The average molecular weight is 504 g/mol. The number of rotatable bonds is 15. The highest BCUT2D eigenvalue weighted by Gasteiger charge is 2.31. The summed E-state index contributed by atoms with van der Waals surface area (Å²) >= 11 is 0. The van der Waals surface area contributed by atoms with Gasteiger partial charge in [-0.25, -0.2) is 4.79 Å². The number of ether oxygens (including phenoxy) is 1. The molecule has 1 aromatic rings. The normalized spacial score (nSPS) is 13.4. The van der Waals surface area contributed by atoms with Gasteiger partial charge in [-0.1, -0.05) is 71.9 Å². The van der Waals surface area contributed by atoms with E-state index in [4.69, 9.17) is 4.74 Å². The minimum atomic E-state index is -0.950. The molecule has 3 atom stereocenters. The highest BCUT2D eigenvalue weighted by molar-refractivity contribution is 6.39. The van der Waals surface area contributed by atoms with Gasteiger partial charge in [0.25, 0.3) is 0 Å². The summed E-state index contributed by atoms with van der Waals surface area (Å²) in [4.78, 5) is 62.7. The van der Waals surface area contributed by atoms with Crippen LogP contribution >= 0.6 is 0 Å². The van der Waals surface area contributed by atoms with Crippen LogP contribution in [0.3, 0.4) is 0 Å². The number of nitrogens with one attached hydrogen (secondary N) is 3. The van der Waals surface area contributed by atoms with Crippen LogP contribution in [0.5, 0.6) is 0 Å². The van der Waals surface area contributed by atoms with Gasteiger partial charge in [0.1, 0.15) is 18.7 Å². The summed E-state index contributed by atoms with van der Waals surface area (Å²) in [5, 5.41) is 7.95. The summed E-state index contributed by atoms with van der Waals surface area (Å²) in [5.41, 5.74) is 0.813. The number of ketones is 2. The van der Waals surface area contributed by atoms with Crippen molar-refractivity contribution in [2.75, 3.05) is 0 Å². The first-order valence-electron chi connectivity index (χ1n) is 12.6. The molecule has 0 unspecified atom stereocenters. The molecular weight excluding hydrogens is 462 g/mol. The Morgan fingerprint density at radius 1 is 0.750 bits per heavy atom. The van der Waals surface area contributed by atoms with E-state index in [1.807, 2.05) is 58.0 Å². The minimum Gasteiger partial charge on any atom is -0.445 e. The first-order valence-corrected chi connectivity index (χ1v) is 12.6. The maximum atomic E-state index is 13.1. The number of carbonyl (C=O) groups is 5. The smallest absolute Gasteiger partial charge is 0.408 e. The van der Waals surface area contributed by atoms with Crippen molar-refractivity contribution in [3.05, 3.63) is 35.9 Å². The molecule has 9 heteroatoms. The van der Waals surface area contributed by atoms with E-state index < -0.39 is 47.6 Å². The van der Waals surface area contributed by atoms with E-state index in [-0.39, 0.29) is 31.3 Å². The van der Waals surface area contributed by atoms with Crippen LogP contribution in [0, 0.1) is 11.8 Å². The zero-order valence-corrected chi connectivity index (χ0v) is 22.3. The molecule has 0 aliphatic rings. The van der Waals surface area contributed by atoms with Crippen molar-refractivity contribution in [3.63, 3.8) is 0 Å². The van der Waals surface area contributed by atoms with Crippen molar-refractivity contribution in [2.24, 2.45) is 11.8 Å². The third-order valence-corrected chi connectivity index (χ3v) is 5.51. The SMILES string of the molecule is CCC(=O)C(=O)[C@H](CC)NC(=O)[C@H](CC(C)C)NC(=O)[C@H](CC(C)C)NC(=O)OCc1ccccc1. The van der Waals surface area contributed by atoms with E-state index in [0.717, 1.165) is 5.56 Å². The molecule has 0 spiro atoms. The maximum Gasteiger partial charge on any atom is 0.408 e. The van der Waals surface area contributed by atoms with Gasteiger partial charge in [-0.15, -0.1) is 0 Å². The van der Waals surface area contributed by atoms with Crippen LogP contribution in [0.25, 0.3) is 0 Å². The van der Waals surface area contributed by atoms with Gasteiger partial charge >= 0.3 is 6.09 Å². The molecular formula is C27H41N3O6. The second-order valence-electron chi connectivity index (χ2n) is 9.69. The van der Waals surface area contributed by atoms with Gasteiger partial charge in [0.05, 0.1) is 6.04 Å². The Morgan fingerprint density at radius 3 is 1.72 bits per heavy atom. The molecule has 9 nitrogen and oxygen atoms in total. The van der Waals surface area contributed by atoms with Gasteiger partial charge in [-0.05, 0) is 36.7 Å². The molecule has 0 bridgehead atoms. The molecule has 0 aromatic heterocycles. The lowest BCUT2D eigenvalue weighted by Crippen LogP contribution is -2.56. The summed E-state index contributed by atoms with van der Waals surface area (Å²) < 4.78 is 5.26. The van der Waals surface area contributed by atoms with Gasteiger partial charge in [-0.2, -0.15) is 0 Å². The third-order valence-electron chi connectivity index (χ3n) is 5.51. The van der Waals surface area contributed by atoms with Gasteiger partial charge < -0.3 is 20.7 Å². The summed E-state index contributed by atoms with van der Waals surface area (Å²) in [6, 6.07) is 6.37. The Bertz CT molecular complexity index is 885. The fourth-order valence-electron chi connectivity index (χ4n) is 3.58. The highest BCUT2D eigenvalue weighted by Crippen LogP contribution is 2.10. The number of benzene rings is 1. The van der Waals surface area contributed by atoms with E-state index >= 15 is 0 Å². The Labute approximate surface area is 214 Å². The number of hydrogen-bond donors (Lipinski definition) is 3. The summed E-state index contributed by atoms with van der Waals surface area (Å²) in [5.74, 6) is -2.14.